The number of hydrogen-bond donors (Lipinski definition) is 0. The van der Waals surface area contributed by atoms with Gasteiger partial charge in [0.2, 0.25) is 0 Å². The Morgan fingerprint density at radius 3 is 2.44 bits per heavy atom. The van der Waals surface area contributed by atoms with E-state index in [-0.39, 0.29) is 11.5 Å². The van der Waals surface area contributed by atoms with Gasteiger partial charge in [-0.3, -0.25) is 9.69 Å². The number of pyridine rings is 1. The highest BCUT2D eigenvalue weighted by Crippen LogP contribution is 2.36. The van der Waals surface area contributed by atoms with Gasteiger partial charge in [0.1, 0.15) is 11.5 Å². The fourth-order valence-corrected chi connectivity index (χ4v) is 4.04. The summed E-state index contributed by atoms with van der Waals surface area (Å²) < 4.78 is 42.4. The van der Waals surface area contributed by atoms with Gasteiger partial charge in [-0.2, -0.15) is 18.3 Å². The van der Waals surface area contributed by atoms with Gasteiger partial charge in [-0.05, 0) is 55.5 Å². The Balaban J connectivity index is 1.72. The lowest BCUT2D eigenvalue weighted by Crippen LogP contribution is -2.38. The Hall–Kier alpha value is -4.24. The molecule has 2 aromatic carbocycles. The highest BCUT2D eigenvalue weighted by molar-refractivity contribution is 6.30. The van der Waals surface area contributed by atoms with Crippen molar-refractivity contribution < 1.29 is 18.0 Å². The lowest BCUT2D eigenvalue weighted by molar-refractivity contribution is -0.169. The number of anilines is 2. The van der Waals surface area contributed by atoms with Gasteiger partial charge in [0.05, 0.1) is 11.4 Å². The standard InChI is InChI=1S/C26H17ClF3N5O/c1-16-7-9-20(10-8-16)34(25(36)26(28,29)30)22-15-18(11-13-31-22)24-23(17-4-2-5-19(27)14-17)33-21-6-3-12-32-35(21)24/h2-15H,1H3. The summed E-state index contributed by atoms with van der Waals surface area (Å²) in [4.78, 5) is 21.8. The van der Waals surface area contributed by atoms with E-state index in [1.165, 1.54) is 24.4 Å². The number of aromatic nitrogens is 4. The second-order valence-corrected chi connectivity index (χ2v) is 8.43. The predicted molar refractivity (Wildman–Crippen MR) is 131 cm³/mol. The van der Waals surface area contributed by atoms with Gasteiger partial charge < -0.3 is 0 Å². The molecule has 0 radical (unpaired) electrons. The van der Waals surface area contributed by atoms with Crippen LogP contribution < -0.4 is 4.90 Å². The number of rotatable bonds is 4. The van der Waals surface area contributed by atoms with Gasteiger partial charge >= 0.3 is 12.1 Å². The van der Waals surface area contributed by atoms with Gasteiger partial charge in [-0.15, -0.1) is 0 Å². The van der Waals surface area contributed by atoms with Crippen molar-refractivity contribution in [2.75, 3.05) is 4.90 Å². The number of carbonyl (C=O) groups excluding carboxylic acids is 1. The fourth-order valence-electron chi connectivity index (χ4n) is 3.85. The van der Waals surface area contributed by atoms with E-state index in [0.29, 0.717) is 38.1 Å². The Bertz CT molecular complexity index is 1580. The van der Waals surface area contributed by atoms with Gasteiger partial charge in [0, 0.05) is 28.5 Å². The number of fused-ring (bicyclic) bond motifs is 1. The SMILES string of the molecule is Cc1ccc(N(C(=O)C(F)(F)F)c2cc(-c3c(-c4cccc(Cl)c4)nc4cccnn34)ccn2)cc1. The number of carbonyl (C=O) groups is 1. The minimum absolute atomic E-state index is 0.0407. The van der Waals surface area contributed by atoms with Crippen LogP contribution in [0.25, 0.3) is 28.2 Å². The average Bonchev–Trinajstić information content (AvgIpc) is 3.25. The summed E-state index contributed by atoms with van der Waals surface area (Å²) in [7, 11) is 0. The van der Waals surface area contributed by atoms with Crippen molar-refractivity contribution in [3.8, 4) is 22.5 Å². The molecule has 36 heavy (non-hydrogen) atoms. The van der Waals surface area contributed by atoms with Gasteiger partial charge in [0.15, 0.2) is 5.65 Å². The first kappa shape index (κ1) is 23.5. The molecule has 0 unspecified atom stereocenters. The first-order valence-corrected chi connectivity index (χ1v) is 11.1. The number of halogens is 4. The Morgan fingerprint density at radius 2 is 1.72 bits per heavy atom. The molecular formula is C26H17ClF3N5O. The highest BCUT2D eigenvalue weighted by Gasteiger charge is 2.44. The molecule has 0 aliphatic heterocycles. The summed E-state index contributed by atoms with van der Waals surface area (Å²) in [6.07, 6.45) is -2.19. The number of benzene rings is 2. The molecule has 0 atom stereocenters. The molecule has 0 saturated carbocycles. The molecule has 0 saturated heterocycles. The van der Waals surface area contributed by atoms with Crippen LogP contribution in [0.4, 0.5) is 24.7 Å². The van der Waals surface area contributed by atoms with Crippen molar-refractivity contribution in [3.63, 3.8) is 0 Å². The van der Waals surface area contributed by atoms with Crippen LogP contribution in [-0.4, -0.2) is 31.7 Å². The zero-order valence-corrected chi connectivity index (χ0v) is 19.5. The van der Waals surface area contributed by atoms with Crippen molar-refractivity contribution in [1.29, 1.82) is 0 Å². The molecule has 3 heterocycles. The predicted octanol–water partition coefficient (Wildman–Crippen LogP) is 6.65. The normalized spacial score (nSPS) is 11.6. The molecule has 1 amide bonds. The first-order chi connectivity index (χ1) is 17.2. The van der Waals surface area contributed by atoms with Crippen LogP contribution in [-0.2, 0) is 4.79 Å². The lowest BCUT2D eigenvalue weighted by atomic mass is 10.1. The average molecular weight is 508 g/mol. The van der Waals surface area contributed by atoms with E-state index in [9.17, 15) is 18.0 Å². The molecule has 0 fully saturated rings. The zero-order chi connectivity index (χ0) is 25.4. The van der Waals surface area contributed by atoms with E-state index < -0.39 is 12.1 Å². The molecule has 0 N–H and O–H groups in total. The summed E-state index contributed by atoms with van der Waals surface area (Å²) in [5.41, 5.74) is 3.61. The Kier molecular flexibility index (Phi) is 5.93. The second kappa shape index (κ2) is 9.09. The van der Waals surface area contributed by atoms with Crippen molar-refractivity contribution in [1.82, 2.24) is 19.6 Å². The van der Waals surface area contributed by atoms with Crippen molar-refractivity contribution >= 4 is 34.7 Å². The van der Waals surface area contributed by atoms with Gasteiger partial charge in [-0.25, -0.2) is 14.5 Å². The third kappa shape index (κ3) is 4.40. The first-order valence-electron chi connectivity index (χ1n) is 10.8. The maximum absolute atomic E-state index is 13.6. The summed E-state index contributed by atoms with van der Waals surface area (Å²) in [6, 6.07) is 19.7. The third-order valence-electron chi connectivity index (χ3n) is 5.48. The van der Waals surface area contributed by atoms with E-state index in [1.54, 1.807) is 66.2 Å². The highest BCUT2D eigenvalue weighted by atomic mass is 35.5. The maximum atomic E-state index is 13.6. The number of nitrogens with zero attached hydrogens (tertiary/aromatic N) is 5. The van der Waals surface area contributed by atoms with Crippen molar-refractivity contribution in [3.05, 3.63) is 95.8 Å². The molecule has 0 aliphatic rings. The largest absolute Gasteiger partial charge is 0.472 e. The zero-order valence-electron chi connectivity index (χ0n) is 18.7. The molecule has 0 aliphatic carbocycles. The molecule has 180 valence electrons. The van der Waals surface area contributed by atoms with Crippen molar-refractivity contribution in [2.24, 2.45) is 0 Å². The van der Waals surface area contributed by atoms with Crippen LogP contribution in [0.2, 0.25) is 5.02 Å². The monoisotopic (exact) mass is 507 g/mol. The molecule has 0 bridgehead atoms. The van der Waals surface area contributed by atoms with E-state index in [4.69, 9.17) is 11.6 Å². The summed E-state index contributed by atoms with van der Waals surface area (Å²) in [5.74, 6) is -2.25. The van der Waals surface area contributed by atoms with E-state index in [1.807, 2.05) is 6.07 Å². The topological polar surface area (TPSA) is 63.4 Å². The van der Waals surface area contributed by atoms with E-state index in [2.05, 4.69) is 15.1 Å². The summed E-state index contributed by atoms with van der Waals surface area (Å²) in [6.45, 7) is 1.80. The minimum atomic E-state index is -5.11. The minimum Gasteiger partial charge on any atom is -0.263 e. The molecule has 3 aromatic heterocycles. The van der Waals surface area contributed by atoms with Gasteiger partial charge in [-0.1, -0.05) is 41.4 Å². The Labute approximate surface area is 208 Å². The van der Waals surface area contributed by atoms with Crippen LogP contribution in [0.3, 0.4) is 0 Å². The number of hydrogen-bond acceptors (Lipinski definition) is 4. The number of imidazole rings is 1. The molecule has 0 spiro atoms. The Morgan fingerprint density at radius 1 is 0.944 bits per heavy atom. The van der Waals surface area contributed by atoms with Crippen LogP contribution in [0.15, 0.2) is 85.2 Å². The number of alkyl halides is 3. The maximum Gasteiger partial charge on any atom is 0.472 e. The van der Waals surface area contributed by atoms with Crippen LogP contribution >= 0.6 is 11.6 Å². The summed E-state index contributed by atoms with van der Waals surface area (Å²) >= 11 is 6.20. The van der Waals surface area contributed by atoms with Gasteiger partial charge in [0.25, 0.3) is 0 Å². The van der Waals surface area contributed by atoms with E-state index in [0.717, 1.165) is 5.56 Å². The molecule has 6 nitrogen and oxygen atoms in total. The summed E-state index contributed by atoms with van der Waals surface area (Å²) in [5, 5.41) is 4.88. The van der Waals surface area contributed by atoms with Crippen molar-refractivity contribution in [2.45, 2.75) is 13.1 Å². The molecular weight excluding hydrogens is 491 g/mol. The molecule has 5 aromatic rings. The lowest BCUT2D eigenvalue weighted by Gasteiger charge is -2.23. The van der Waals surface area contributed by atoms with Crippen LogP contribution in [0.1, 0.15) is 5.56 Å². The van der Waals surface area contributed by atoms with Crippen LogP contribution in [0.5, 0.6) is 0 Å². The smallest absolute Gasteiger partial charge is 0.263 e. The number of aryl methyl sites for hydroxylation is 1. The number of amides is 1. The molecule has 10 heteroatoms. The fraction of sp³-hybridized carbons (Fsp3) is 0.0769. The second-order valence-electron chi connectivity index (χ2n) is 7.99. The third-order valence-corrected chi connectivity index (χ3v) is 5.71. The molecule has 5 rings (SSSR count). The van der Waals surface area contributed by atoms with E-state index >= 15 is 0 Å². The van der Waals surface area contributed by atoms with Crippen LogP contribution in [0, 0.1) is 6.92 Å². The quantitative estimate of drug-likeness (QED) is 0.273.